The fourth-order valence-electron chi connectivity index (χ4n) is 1.91. The Morgan fingerprint density at radius 1 is 1.24 bits per heavy atom. The molecule has 21 heavy (non-hydrogen) atoms. The van der Waals surface area contributed by atoms with Gasteiger partial charge in [-0.2, -0.15) is 0 Å². The van der Waals surface area contributed by atoms with E-state index in [1.54, 1.807) is 18.2 Å². The molecule has 0 amide bonds. The van der Waals surface area contributed by atoms with Gasteiger partial charge in [0.2, 0.25) is 10.0 Å². The van der Waals surface area contributed by atoms with Gasteiger partial charge >= 0.3 is 0 Å². The van der Waals surface area contributed by atoms with Crippen LogP contribution in [0.3, 0.4) is 0 Å². The summed E-state index contributed by atoms with van der Waals surface area (Å²) in [5.74, 6) is 0. The van der Waals surface area contributed by atoms with Crippen molar-refractivity contribution < 1.29 is 8.42 Å². The molecule has 1 aromatic heterocycles. The van der Waals surface area contributed by atoms with Gasteiger partial charge in [-0.05, 0) is 50.7 Å². The van der Waals surface area contributed by atoms with E-state index >= 15 is 0 Å². The lowest BCUT2D eigenvalue weighted by Gasteiger charge is -2.17. The molecule has 1 unspecified atom stereocenters. The van der Waals surface area contributed by atoms with Gasteiger partial charge in [0, 0.05) is 10.6 Å². The van der Waals surface area contributed by atoms with Crippen molar-refractivity contribution >= 4 is 38.6 Å². The lowest BCUT2D eigenvalue weighted by Crippen LogP contribution is -2.19. The van der Waals surface area contributed by atoms with Gasteiger partial charge in [0.25, 0.3) is 0 Å². The highest BCUT2D eigenvalue weighted by molar-refractivity contribution is 7.89. The number of hydrogen-bond acceptors (Lipinski definition) is 4. The van der Waals surface area contributed by atoms with Gasteiger partial charge in [-0.1, -0.05) is 17.7 Å². The second-order valence-electron chi connectivity index (χ2n) is 4.69. The van der Waals surface area contributed by atoms with Crippen molar-refractivity contribution in [3.63, 3.8) is 0 Å². The molecule has 0 spiro atoms. The number of aryl methyl sites for hydroxylation is 1. The summed E-state index contributed by atoms with van der Waals surface area (Å²) in [6.45, 7) is 3.95. The topological polar surface area (TPSA) is 58.2 Å². The molecule has 1 aromatic carbocycles. The third-order valence-electron chi connectivity index (χ3n) is 3.18. The molecule has 2 aromatic rings. The third kappa shape index (κ3) is 3.77. The molecular formula is C14H17ClN2O2S2. The minimum absolute atomic E-state index is 0.0498. The maximum atomic E-state index is 11.9. The molecule has 4 nitrogen and oxygen atoms in total. The van der Waals surface area contributed by atoms with Gasteiger partial charge in [-0.15, -0.1) is 11.3 Å². The van der Waals surface area contributed by atoms with Gasteiger partial charge < -0.3 is 5.32 Å². The van der Waals surface area contributed by atoms with E-state index in [0.717, 1.165) is 20.5 Å². The van der Waals surface area contributed by atoms with Crippen molar-refractivity contribution in [2.24, 2.45) is 0 Å². The van der Waals surface area contributed by atoms with Crippen LogP contribution in [-0.4, -0.2) is 15.5 Å². The number of benzene rings is 1. The van der Waals surface area contributed by atoms with Crippen LogP contribution in [0.2, 0.25) is 4.34 Å². The number of halogens is 1. The zero-order chi connectivity index (χ0) is 15.6. The maximum absolute atomic E-state index is 11.9. The predicted molar refractivity (Wildman–Crippen MR) is 88.8 cm³/mol. The summed E-state index contributed by atoms with van der Waals surface area (Å²) < 4.78 is 26.8. The lowest BCUT2D eigenvalue weighted by molar-refractivity contribution is 0.588. The Morgan fingerprint density at radius 3 is 2.52 bits per heavy atom. The first-order valence-corrected chi connectivity index (χ1v) is 9.07. The molecule has 0 fully saturated rings. The van der Waals surface area contributed by atoms with E-state index in [9.17, 15) is 8.42 Å². The molecule has 0 bridgehead atoms. The first-order chi connectivity index (χ1) is 9.83. The Hall–Kier alpha value is -1.08. The Kier molecular flexibility index (Phi) is 4.93. The maximum Gasteiger partial charge on any atom is 0.240 e. The summed E-state index contributed by atoms with van der Waals surface area (Å²) in [4.78, 5) is 1.34. The van der Waals surface area contributed by atoms with Crippen LogP contribution in [0.15, 0.2) is 35.2 Å². The summed E-state index contributed by atoms with van der Waals surface area (Å²) in [6.07, 6.45) is 0. The molecule has 1 atom stereocenters. The smallest absolute Gasteiger partial charge is 0.240 e. The van der Waals surface area contributed by atoms with Crippen LogP contribution in [0.4, 0.5) is 5.69 Å². The molecular weight excluding hydrogens is 328 g/mol. The first kappa shape index (κ1) is 16.3. The highest BCUT2D eigenvalue weighted by atomic mass is 35.5. The first-order valence-electron chi connectivity index (χ1n) is 6.39. The van der Waals surface area contributed by atoms with E-state index in [4.69, 9.17) is 11.6 Å². The molecule has 1 heterocycles. The fraction of sp³-hybridized carbons (Fsp3) is 0.286. The van der Waals surface area contributed by atoms with Crippen molar-refractivity contribution in [2.45, 2.75) is 24.8 Å². The van der Waals surface area contributed by atoms with E-state index in [-0.39, 0.29) is 10.9 Å². The zero-order valence-corrected chi connectivity index (χ0v) is 14.4. The molecule has 2 rings (SSSR count). The standard InChI is InChI=1S/C14H17ClN2O2S2/c1-9-4-5-11(21(18,19)16-3)8-12(9)17-10(2)13-6-7-14(15)20-13/h4-8,10,16-17H,1-3H3. The van der Waals surface area contributed by atoms with Crippen molar-refractivity contribution in [3.05, 3.63) is 45.1 Å². The molecule has 2 N–H and O–H groups in total. The summed E-state index contributed by atoms with van der Waals surface area (Å²) >= 11 is 7.45. The average Bonchev–Trinajstić information content (AvgIpc) is 2.87. The number of hydrogen-bond donors (Lipinski definition) is 2. The second kappa shape index (κ2) is 6.36. The average molecular weight is 345 g/mol. The highest BCUT2D eigenvalue weighted by Gasteiger charge is 2.15. The molecule has 0 aliphatic rings. The molecule has 114 valence electrons. The van der Waals surface area contributed by atoms with Crippen molar-refractivity contribution in [3.8, 4) is 0 Å². The van der Waals surface area contributed by atoms with Crippen molar-refractivity contribution in [2.75, 3.05) is 12.4 Å². The number of nitrogens with one attached hydrogen (secondary N) is 2. The van der Waals surface area contributed by atoms with Gasteiger partial charge in [0.15, 0.2) is 0 Å². The third-order valence-corrected chi connectivity index (χ3v) is 6.01. The van der Waals surface area contributed by atoms with Crippen LogP contribution >= 0.6 is 22.9 Å². The molecule has 7 heteroatoms. The van der Waals surface area contributed by atoms with Gasteiger partial charge in [0.1, 0.15) is 0 Å². The fourth-order valence-corrected chi connectivity index (χ4v) is 3.73. The zero-order valence-electron chi connectivity index (χ0n) is 12.0. The molecule has 0 aliphatic heterocycles. The Morgan fingerprint density at radius 2 is 1.95 bits per heavy atom. The van der Waals surface area contributed by atoms with E-state index in [2.05, 4.69) is 10.0 Å². The van der Waals surface area contributed by atoms with Crippen LogP contribution in [0.1, 0.15) is 23.4 Å². The Balaban J connectivity index is 2.29. The SMILES string of the molecule is CNS(=O)(=O)c1ccc(C)c(NC(C)c2ccc(Cl)s2)c1. The van der Waals surface area contributed by atoms with E-state index < -0.39 is 10.0 Å². The molecule has 0 saturated heterocycles. The quantitative estimate of drug-likeness (QED) is 0.867. The summed E-state index contributed by atoms with van der Waals surface area (Å²) in [5.41, 5.74) is 1.78. The molecule has 0 radical (unpaired) electrons. The van der Waals surface area contributed by atoms with Crippen molar-refractivity contribution in [1.82, 2.24) is 4.72 Å². The second-order valence-corrected chi connectivity index (χ2v) is 8.33. The molecule has 0 saturated carbocycles. The predicted octanol–water partition coefficient (Wildman–Crippen LogP) is 3.79. The lowest BCUT2D eigenvalue weighted by atomic mass is 10.1. The van der Waals surface area contributed by atoms with E-state index in [1.165, 1.54) is 18.4 Å². The normalized spacial score (nSPS) is 13.1. The van der Waals surface area contributed by atoms with Crippen LogP contribution < -0.4 is 10.0 Å². The summed E-state index contributed by atoms with van der Waals surface area (Å²) in [6, 6.07) is 8.91. The largest absolute Gasteiger partial charge is 0.377 e. The van der Waals surface area contributed by atoms with Crippen molar-refractivity contribution in [1.29, 1.82) is 0 Å². The summed E-state index contributed by atoms with van der Waals surface area (Å²) in [7, 11) is -2.04. The Bertz CT molecular complexity index is 741. The minimum atomic E-state index is -3.44. The van der Waals surface area contributed by atoms with E-state index in [0.29, 0.717) is 0 Å². The van der Waals surface area contributed by atoms with Crippen LogP contribution in [0.5, 0.6) is 0 Å². The highest BCUT2D eigenvalue weighted by Crippen LogP contribution is 2.30. The number of rotatable bonds is 5. The van der Waals surface area contributed by atoms with E-state index in [1.807, 2.05) is 26.0 Å². The minimum Gasteiger partial charge on any atom is -0.377 e. The molecule has 0 aliphatic carbocycles. The monoisotopic (exact) mass is 344 g/mol. The number of sulfonamides is 1. The van der Waals surface area contributed by atoms with Gasteiger partial charge in [-0.25, -0.2) is 13.1 Å². The number of anilines is 1. The van der Waals surface area contributed by atoms with Crippen LogP contribution in [0, 0.1) is 6.92 Å². The Labute approximate surface area is 134 Å². The van der Waals surface area contributed by atoms with Crippen LogP contribution in [-0.2, 0) is 10.0 Å². The van der Waals surface area contributed by atoms with Crippen LogP contribution in [0.25, 0.3) is 0 Å². The number of thiophene rings is 1. The summed E-state index contributed by atoms with van der Waals surface area (Å²) in [5, 5.41) is 3.34. The van der Waals surface area contributed by atoms with Gasteiger partial charge in [-0.3, -0.25) is 0 Å². The van der Waals surface area contributed by atoms with Gasteiger partial charge in [0.05, 0.1) is 15.3 Å².